The summed E-state index contributed by atoms with van der Waals surface area (Å²) in [6.45, 7) is 9.05. The Balaban J connectivity index is 0. The van der Waals surface area contributed by atoms with Gasteiger partial charge < -0.3 is 0 Å². The summed E-state index contributed by atoms with van der Waals surface area (Å²) in [7, 11) is 0. The molecule has 0 heteroatoms. The fraction of sp³-hybridized carbons (Fsp3) is 0.538. The molecule has 0 saturated heterocycles. The lowest BCUT2D eigenvalue weighted by Gasteiger charge is -2.13. The molecule has 0 radical (unpaired) electrons. The molecule has 0 aromatic heterocycles. The van der Waals surface area contributed by atoms with E-state index < -0.39 is 0 Å². The molecule has 0 spiro atoms. The Morgan fingerprint density at radius 3 is 1.08 bits per heavy atom. The Hall–Kier alpha value is -1.56. The summed E-state index contributed by atoms with van der Waals surface area (Å²) in [5.41, 5.74) is 3.00. The van der Waals surface area contributed by atoms with Crippen LogP contribution in [0.5, 0.6) is 0 Å². The lowest BCUT2D eigenvalue weighted by molar-refractivity contribution is 0.596. The van der Waals surface area contributed by atoms with Crippen LogP contribution in [0.2, 0.25) is 0 Å². The van der Waals surface area contributed by atoms with Gasteiger partial charge in [-0.1, -0.05) is 116 Å². The van der Waals surface area contributed by atoms with Crippen LogP contribution < -0.4 is 0 Å². The van der Waals surface area contributed by atoms with Gasteiger partial charge in [0.15, 0.2) is 0 Å². The van der Waals surface area contributed by atoms with Crippen molar-refractivity contribution in [2.75, 3.05) is 0 Å². The molecule has 0 heterocycles. The third-order valence-corrected chi connectivity index (χ3v) is 4.80. The minimum absolute atomic E-state index is 0. The molecule has 26 heavy (non-hydrogen) atoms. The van der Waals surface area contributed by atoms with Crippen molar-refractivity contribution in [2.45, 2.75) is 92.9 Å². The van der Waals surface area contributed by atoms with Crippen LogP contribution in [0.25, 0.3) is 0 Å². The third-order valence-electron chi connectivity index (χ3n) is 4.80. The zero-order chi connectivity index (χ0) is 17.6. The molecule has 0 bridgehead atoms. The fourth-order valence-corrected chi connectivity index (χ4v) is 3.36. The van der Waals surface area contributed by atoms with Gasteiger partial charge >= 0.3 is 0 Å². The van der Waals surface area contributed by atoms with Crippen LogP contribution in [0, 0.1) is 0 Å². The van der Waals surface area contributed by atoms with Crippen molar-refractivity contribution in [1.82, 2.24) is 0 Å². The molecule has 0 saturated carbocycles. The fourth-order valence-electron chi connectivity index (χ4n) is 3.36. The largest absolute Gasteiger partial charge is 0.0776 e. The molecule has 2 atom stereocenters. The van der Waals surface area contributed by atoms with Gasteiger partial charge in [-0.05, 0) is 48.6 Å². The van der Waals surface area contributed by atoms with Crippen molar-refractivity contribution >= 4 is 0 Å². The molecule has 2 aromatic rings. The molecule has 0 aliphatic rings. The van der Waals surface area contributed by atoms with Crippen LogP contribution in [0.4, 0.5) is 0 Å². The molecule has 148 valence electrons. The Morgan fingerprint density at radius 2 is 0.846 bits per heavy atom. The highest BCUT2D eigenvalue weighted by atomic mass is 14.1. The summed E-state index contributed by atoms with van der Waals surface area (Å²) in [5, 5.41) is 0. The van der Waals surface area contributed by atoms with Gasteiger partial charge in [0.1, 0.15) is 0 Å². The minimum Gasteiger partial charge on any atom is -0.0776 e. The number of hydrogen-bond donors (Lipinski definition) is 0. The predicted molar refractivity (Wildman–Crippen MR) is 122 cm³/mol. The summed E-state index contributed by atoms with van der Waals surface area (Å²) in [4.78, 5) is 0. The van der Waals surface area contributed by atoms with Crippen LogP contribution in [-0.2, 0) is 0 Å². The van der Waals surface area contributed by atoms with Crippen LogP contribution in [-0.4, -0.2) is 0 Å². The Labute approximate surface area is 165 Å². The maximum absolute atomic E-state index is 2.27. The van der Waals surface area contributed by atoms with Gasteiger partial charge in [-0.15, -0.1) is 0 Å². The first-order valence-corrected chi connectivity index (χ1v) is 9.86. The van der Waals surface area contributed by atoms with Crippen LogP contribution in [0.1, 0.15) is 104 Å². The van der Waals surface area contributed by atoms with Gasteiger partial charge in [-0.2, -0.15) is 0 Å². The molecule has 0 nitrogen and oxygen atoms in total. The van der Waals surface area contributed by atoms with Gasteiger partial charge in [-0.3, -0.25) is 0 Å². The zero-order valence-corrected chi connectivity index (χ0v) is 16.2. The highest BCUT2D eigenvalue weighted by Gasteiger charge is 2.06. The molecule has 0 fully saturated rings. The van der Waals surface area contributed by atoms with Crippen molar-refractivity contribution in [2.24, 2.45) is 0 Å². The second-order valence-corrected chi connectivity index (χ2v) is 6.61. The lowest BCUT2D eigenvalue weighted by Crippen LogP contribution is -1.95. The molecular formula is C26H44. The number of rotatable bonds is 8. The van der Waals surface area contributed by atoms with E-state index in [1.807, 2.05) is 0 Å². The summed E-state index contributed by atoms with van der Waals surface area (Å²) in [6, 6.07) is 21.7. The van der Waals surface area contributed by atoms with Gasteiger partial charge in [0, 0.05) is 0 Å². The maximum Gasteiger partial charge on any atom is -0.0165 e. The zero-order valence-electron chi connectivity index (χ0n) is 16.2. The average Bonchev–Trinajstić information content (AvgIpc) is 2.66. The van der Waals surface area contributed by atoms with Crippen molar-refractivity contribution < 1.29 is 0 Å². The van der Waals surface area contributed by atoms with E-state index in [0.717, 1.165) is 11.8 Å². The smallest absolute Gasteiger partial charge is 0.0165 e. The van der Waals surface area contributed by atoms with E-state index in [-0.39, 0.29) is 14.9 Å². The summed E-state index contributed by atoms with van der Waals surface area (Å²) in [5.74, 6) is 1.55. The van der Waals surface area contributed by atoms with Crippen molar-refractivity contribution in [3.63, 3.8) is 0 Å². The summed E-state index contributed by atoms with van der Waals surface area (Å²) in [6.07, 6.45) is 7.73. The summed E-state index contributed by atoms with van der Waals surface area (Å²) < 4.78 is 0. The van der Waals surface area contributed by atoms with Crippen LogP contribution in [0.3, 0.4) is 0 Å². The molecule has 2 aromatic carbocycles. The predicted octanol–water partition coefficient (Wildman–Crippen LogP) is 9.23. The van der Waals surface area contributed by atoms with Crippen molar-refractivity contribution in [3.05, 3.63) is 71.8 Å². The highest BCUT2D eigenvalue weighted by molar-refractivity contribution is 5.19. The monoisotopic (exact) mass is 356 g/mol. The normalized spacial score (nSPS) is 11.8. The van der Waals surface area contributed by atoms with Gasteiger partial charge in [0.2, 0.25) is 0 Å². The summed E-state index contributed by atoms with van der Waals surface area (Å²) >= 11 is 0. The quantitative estimate of drug-likeness (QED) is 0.442. The van der Waals surface area contributed by atoms with E-state index in [2.05, 4.69) is 88.4 Å². The molecule has 0 aliphatic carbocycles. The van der Waals surface area contributed by atoms with E-state index >= 15 is 0 Å². The van der Waals surface area contributed by atoms with Gasteiger partial charge in [0.05, 0.1) is 0 Å². The van der Waals surface area contributed by atoms with Crippen molar-refractivity contribution in [3.8, 4) is 0 Å². The Kier molecular flexibility index (Phi) is 17.3. The number of benzene rings is 2. The molecule has 0 aliphatic heterocycles. The number of hydrogen-bond acceptors (Lipinski definition) is 0. The van der Waals surface area contributed by atoms with Crippen molar-refractivity contribution in [1.29, 1.82) is 0 Å². The topological polar surface area (TPSA) is 0 Å². The average molecular weight is 357 g/mol. The van der Waals surface area contributed by atoms with Gasteiger partial charge in [0.25, 0.3) is 0 Å². The Bertz CT molecular complexity index is 451. The molecule has 2 rings (SSSR count). The molecule has 0 amide bonds. The first-order chi connectivity index (χ1) is 11.8. The molecular weight excluding hydrogens is 312 g/mol. The first kappa shape index (κ1) is 26.7. The standard InChI is InChI=1S/2C12H18.2CH4/c2*1-3-8-11(4-2)12-9-6-5-7-10-12;;/h2*5-7,9-11H,3-4,8H2,1-2H3;2*1H4. The van der Waals surface area contributed by atoms with E-state index in [4.69, 9.17) is 0 Å². The second kappa shape index (κ2) is 16.9. The van der Waals surface area contributed by atoms with E-state index in [1.54, 1.807) is 0 Å². The molecule has 0 N–H and O–H groups in total. The third kappa shape index (κ3) is 9.80. The van der Waals surface area contributed by atoms with Crippen LogP contribution in [0.15, 0.2) is 60.7 Å². The van der Waals surface area contributed by atoms with E-state index in [9.17, 15) is 0 Å². The van der Waals surface area contributed by atoms with E-state index in [1.165, 1.54) is 49.7 Å². The van der Waals surface area contributed by atoms with Crippen LogP contribution >= 0.6 is 0 Å². The highest BCUT2D eigenvalue weighted by Crippen LogP contribution is 2.24. The minimum atomic E-state index is 0. The van der Waals surface area contributed by atoms with Gasteiger partial charge in [-0.25, -0.2) is 0 Å². The maximum atomic E-state index is 2.27. The SMILES string of the molecule is C.C.CCCC(CC)c1ccccc1.CCCC(CC)c1ccccc1. The van der Waals surface area contributed by atoms with E-state index in [0.29, 0.717) is 0 Å². The molecule has 2 unspecified atom stereocenters. The lowest BCUT2D eigenvalue weighted by atomic mass is 9.92. The first-order valence-electron chi connectivity index (χ1n) is 9.86. The second-order valence-electron chi connectivity index (χ2n) is 6.61. The Morgan fingerprint density at radius 1 is 0.538 bits per heavy atom.